The van der Waals surface area contributed by atoms with Gasteiger partial charge in [0.15, 0.2) is 4.96 Å². The number of nitrogens with one attached hydrogen (secondary N) is 1. The molecule has 100 valence electrons. The molecule has 0 spiro atoms. The average molecular weight is 268 g/mol. The molecule has 2 rings (SSSR count). The summed E-state index contributed by atoms with van der Waals surface area (Å²) < 4.78 is 7.06. The Labute approximate surface area is 111 Å². The lowest BCUT2D eigenvalue weighted by molar-refractivity contribution is 0.197. The van der Waals surface area contributed by atoms with Crippen molar-refractivity contribution in [2.75, 3.05) is 40.4 Å². The largest absolute Gasteiger partial charge is 0.383 e. The van der Waals surface area contributed by atoms with Crippen molar-refractivity contribution in [1.82, 2.24) is 19.6 Å². The molecule has 0 amide bonds. The van der Waals surface area contributed by atoms with E-state index in [0.29, 0.717) is 0 Å². The third-order valence-corrected chi connectivity index (χ3v) is 3.50. The number of hydrogen-bond donors (Lipinski definition) is 1. The number of rotatable bonds is 8. The van der Waals surface area contributed by atoms with E-state index in [0.717, 1.165) is 43.4 Å². The van der Waals surface area contributed by atoms with E-state index < -0.39 is 0 Å². The van der Waals surface area contributed by atoms with Crippen LogP contribution in [-0.2, 0) is 11.3 Å². The van der Waals surface area contributed by atoms with Gasteiger partial charge in [0.25, 0.3) is 0 Å². The molecule has 2 heterocycles. The first-order chi connectivity index (χ1) is 8.79. The van der Waals surface area contributed by atoms with Gasteiger partial charge in [0.1, 0.15) is 0 Å². The second-order valence-corrected chi connectivity index (χ2v) is 5.18. The second-order valence-electron chi connectivity index (χ2n) is 4.31. The molecule has 0 aliphatic heterocycles. The maximum Gasteiger partial charge on any atom is 0.193 e. The summed E-state index contributed by atoms with van der Waals surface area (Å²) in [5.41, 5.74) is 1.13. The van der Waals surface area contributed by atoms with Crippen LogP contribution in [0.3, 0.4) is 0 Å². The molecule has 0 aliphatic carbocycles. The highest BCUT2D eigenvalue weighted by molar-refractivity contribution is 7.15. The zero-order valence-corrected chi connectivity index (χ0v) is 11.7. The van der Waals surface area contributed by atoms with E-state index in [-0.39, 0.29) is 0 Å². The number of aromatic nitrogens is 2. The van der Waals surface area contributed by atoms with Gasteiger partial charge in [-0.3, -0.25) is 9.30 Å². The summed E-state index contributed by atoms with van der Waals surface area (Å²) in [5.74, 6) is 0. The summed E-state index contributed by atoms with van der Waals surface area (Å²) in [4.78, 5) is 7.91. The van der Waals surface area contributed by atoms with Crippen molar-refractivity contribution in [3.8, 4) is 0 Å². The van der Waals surface area contributed by atoms with Crippen molar-refractivity contribution in [3.63, 3.8) is 0 Å². The summed E-state index contributed by atoms with van der Waals surface area (Å²) >= 11 is 1.67. The molecule has 0 saturated carbocycles. The Morgan fingerprint density at radius 1 is 1.50 bits per heavy atom. The van der Waals surface area contributed by atoms with E-state index in [9.17, 15) is 0 Å². The van der Waals surface area contributed by atoms with Crippen LogP contribution in [0.15, 0.2) is 17.8 Å². The van der Waals surface area contributed by atoms with Crippen LogP contribution in [0.1, 0.15) is 5.69 Å². The minimum atomic E-state index is 0.765. The number of imidazole rings is 1. The van der Waals surface area contributed by atoms with Crippen molar-refractivity contribution in [3.05, 3.63) is 23.5 Å². The van der Waals surface area contributed by atoms with Crippen molar-refractivity contribution in [1.29, 1.82) is 0 Å². The molecular weight excluding hydrogens is 248 g/mol. The van der Waals surface area contributed by atoms with Gasteiger partial charge in [0.05, 0.1) is 12.3 Å². The van der Waals surface area contributed by atoms with Gasteiger partial charge in [-0.1, -0.05) is 0 Å². The van der Waals surface area contributed by atoms with E-state index >= 15 is 0 Å². The molecule has 1 N–H and O–H groups in total. The summed E-state index contributed by atoms with van der Waals surface area (Å²) in [6.07, 6.45) is 4.14. The lowest BCUT2D eigenvalue weighted by atomic mass is 10.4. The van der Waals surface area contributed by atoms with Crippen LogP contribution in [0.25, 0.3) is 4.96 Å². The first kappa shape index (κ1) is 13.5. The zero-order valence-electron chi connectivity index (χ0n) is 10.9. The third-order valence-electron chi connectivity index (χ3n) is 2.73. The molecule has 0 atom stereocenters. The standard InChI is InChI=1S/C12H20N4OS/c1-15(5-3-13-4-7-17-2)9-11-10-16-6-8-18-12(16)14-11/h6,8,10,13H,3-5,7,9H2,1-2H3. The molecule has 0 aliphatic rings. The first-order valence-electron chi connectivity index (χ1n) is 6.09. The Morgan fingerprint density at radius 3 is 3.17 bits per heavy atom. The fourth-order valence-corrected chi connectivity index (χ4v) is 2.50. The van der Waals surface area contributed by atoms with E-state index in [2.05, 4.69) is 38.2 Å². The van der Waals surface area contributed by atoms with Gasteiger partial charge in [0, 0.05) is 51.1 Å². The maximum absolute atomic E-state index is 4.98. The molecule has 0 radical (unpaired) electrons. The molecular formula is C12H20N4OS. The van der Waals surface area contributed by atoms with Crippen LogP contribution in [0, 0.1) is 0 Å². The van der Waals surface area contributed by atoms with Crippen LogP contribution in [0.2, 0.25) is 0 Å². The Bertz CT molecular complexity index is 439. The van der Waals surface area contributed by atoms with Crippen molar-refractivity contribution in [2.24, 2.45) is 0 Å². The van der Waals surface area contributed by atoms with E-state index in [1.54, 1.807) is 18.4 Å². The highest BCUT2D eigenvalue weighted by atomic mass is 32.1. The molecule has 0 unspecified atom stereocenters. The molecule has 0 bridgehead atoms. The lowest BCUT2D eigenvalue weighted by Gasteiger charge is -2.15. The number of methoxy groups -OCH3 is 1. The van der Waals surface area contributed by atoms with E-state index in [1.165, 1.54) is 0 Å². The first-order valence-corrected chi connectivity index (χ1v) is 6.97. The number of likely N-dealkylation sites (N-methyl/N-ethyl adjacent to an activating group) is 1. The van der Waals surface area contributed by atoms with Gasteiger partial charge in [-0.25, -0.2) is 4.98 Å². The molecule has 6 heteroatoms. The number of fused-ring (bicyclic) bond motifs is 1. The van der Waals surface area contributed by atoms with Crippen LogP contribution >= 0.6 is 11.3 Å². The Balaban J connectivity index is 1.70. The Hall–Kier alpha value is -0.950. The number of nitrogens with zero attached hydrogens (tertiary/aromatic N) is 3. The number of hydrogen-bond acceptors (Lipinski definition) is 5. The highest BCUT2D eigenvalue weighted by Gasteiger charge is 2.05. The minimum absolute atomic E-state index is 0.765. The summed E-state index contributed by atoms with van der Waals surface area (Å²) in [7, 11) is 3.84. The Kier molecular flexibility index (Phi) is 5.12. The number of thiazole rings is 1. The highest BCUT2D eigenvalue weighted by Crippen LogP contribution is 2.12. The molecule has 2 aromatic heterocycles. The van der Waals surface area contributed by atoms with Gasteiger partial charge in [-0.15, -0.1) is 11.3 Å². The average Bonchev–Trinajstić information content (AvgIpc) is 2.89. The fourth-order valence-electron chi connectivity index (χ4n) is 1.78. The fraction of sp³-hybridized carbons (Fsp3) is 0.583. The van der Waals surface area contributed by atoms with Gasteiger partial charge < -0.3 is 10.1 Å². The molecule has 0 fully saturated rings. The van der Waals surface area contributed by atoms with Gasteiger partial charge >= 0.3 is 0 Å². The molecule has 0 aromatic carbocycles. The quantitative estimate of drug-likeness (QED) is 0.727. The van der Waals surface area contributed by atoms with Gasteiger partial charge in [-0.05, 0) is 7.05 Å². The predicted molar refractivity (Wildman–Crippen MR) is 74.1 cm³/mol. The van der Waals surface area contributed by atoms with E-state index in [1.807, 2.05) is 6.20 Å². The van der Waals surface area contributed by atoms with E-state index in [4.69, 9.17) is 4.74 Å². The molecule has 2 aromatic rings. The van der Waals surface area contributed by atoms with Crippen LogP contribution in [-0.4, -0.2) is 54.7 Å². The van der Waals surface area contributed by atoms with Crippen LogP contribution in [0.5, 0.6) is 0 Å². The SMILES string of the molecule is COCCNCCN(C)Cc1cn2ccsc2n1. The predicted octanol–water partition coefficient (Wildman–Crippen LogP) is 1.06. The molecule has 5 nitrogen and oxygen atoms in total. The Morgan fingerprint density at radius 2 is 2.39 bits per heavy atom. The van der Waals surface area contributed by atoms with Gasteiger partial charge in [0.2, 0.25) is 0 Å². The monoisotopic (exact) mass is 268 g/mol. The third kappa shape index (κ3) is 3.78. The lowest BCUT2D eigenvalue weighted by Crippen LogP contribution is -2.30. The van der Waals surface area contributed by atoms with Gasteiger partial charge in [-0.2, -0.15) is 0 Å². The smallest absolute Gasteiger partial charge is 0.193 e. The zero-order chi connectivity index (χ0) is 12.8. The number of ether oxygens (including phenoxy) is 1. The normalized spacial score (nSPS) is 11.7. The summed E-state index contributed by atoms with van der Waals surface area (Å²) in [6.45, 7) is 4.54. The summed E-state index contributed by atoms with van der Waals surface area (Å²) in [6, 6.07) is 0. The van der Waals surface area contributed by atoms with Crippen molar-refractivity contribution >= 4 is 16.3 Å². The molecule has 18 heavy (non-hydrogen) atoms. The second kappa shape index (κ2) is 6.84. The minimum Gasteiger partial charge on any atom is -0.383 e. The topological polar surface area (TPSA) is 41.8 Å². The summed E-state index contributed by atoms with van der Waals surface area (Å²) in [5, 5.41) is 5.39. The van der Waals surface area contributed by atoms with Crippen LogP contribution < -0.4 is 5.32 Å². The molecule has 0 saturated heterocycles. The van der Waals surface area contributed by atoms with Crippen molar-refractivity contribution in [2.45, 2.75) is 6.54 Å². The van der Waals surface area contributed by atoms with Crippen LogP contribution in [0.4, 0.5) is 0 Å². The maximum atomic E-state index is 4.98. The van der Waals surface area contributed by atoms with Crippen molar-refractivity contribution < 1.29 is 4.74 Å².